The molecule has 0 saturated heterocycles. The molecular weight excluding hydrogens is 278 g/mol. The number of carbonyl (C=O) groups excluding carboxylic acids is 2. The Morgan fingerprint density at radius 2 is 2.05 bits per heavy atom. The molecule has 1 aromatic rings. The zero-order chi connectivity index (χ0) is 14.3. The number of nitrogens with two attached hydrogens (primary N) is 1. The van der Waals surface area contributed by atoms with Gasteiger partial charge in [-0.15, -0.1) is 0 Å². The maximum Gasteiger partial charge on any atom is 0.270 e. The lowest BCUT2D eigenvalue weighted by Gasteiger charge is -2.29. The molecule has 4 atom stereocenters. The Hall–Kier alpha value is -1.62. The van der Waals surface area contributed by atoms with Gasteiger partial charge in [0.2, 0.25) is 5.91 Å². The summed E-state index contributed by atoms with van der Waals surface area (Å²) in [5, 5.41) is 3.41. The summed E-state index contributed by atoms with van der Waals surface area (Å²) in [6.45, 7) is 0. The van der Waals surface area contributed by atoms with Crippen LogP contribution in [0.5, 0.6) is 0 Å². The quantitative estimate of drug-likeness (QED) is 0.882. The van der Waals surface area contributed by atoms with E-state index in [1.54, 1.807) is 12.1 Å². The minimum Gasteiger partial charge on any atom is -0.369 e. The summed E-state index contributed by atoms with van der Waals surface area (Å²) in [5.41, 5.74) is 5.79. The van der Waals surface area contributed by atoms with E-state index in [-0.39, 0.29) is 23.8 Å². The van der Waals surface area contributed by atoms with Gasteiger partial charge in [0.1, 0.15) is 5.69 Å². The second-order valence-electron chi connectivity index (χ2n) is 5.62. The van der Waals surface area contributed by atoms with Crippen molar-refractivity contribution in [2.75, 3.05) is 0 Å². The fraction of sp³-hybridized carbons (Fsp3) is 0.500. The average molecular weight is 294 g/mol. The fourth-order valence-corrected chi connectivity index (χ4v) is 3.76. The van der Waals surface area contributed by atoms with Gasteiger partial charge < -0.3 is 11.1 Å². The number of nitrogens with zero attached hydrogens (tertiary/aromatic N) is 1. The molecule has 0 aliphatic heterocycles. The summed E-state index contributed by atoms with van der Waals surface area (Å²) in [7, 11) is 0. The van der Waals surface area contributed by atoms with Crippen molar-refractivity contribution in [2.45, 2.75) is 25.3 Å². The van der Waals surface area contributed by atoms with Gasteiger partial charge in [0.05, 0.1) is 10.9 Å². The maximum atomic E-state index is 12.2. The molecule has 2 bridgehead atoms. The number of aromatic nitrogens is 1. The van der Waals surface area contributed by atoms with Gasteiger partial charge in [-0.2, -0.15) is 0 Å². The van der Waals surface area contributed by atoms with E-state index in [9.17, 15) is 9.59 Å². The highest BCUT2D eigenvalue weighted by Gasteiger charge is 2.50. The van der Waals surface area contributed by atoms with Crippen LogP contribution in [-0.4, -0.2) is 22.8 Å². The van der Waals surface area contributed by atoms with Gasteiger partial charge in [0.15, 0.2) is 0 Å². The van der Waals surface area contributed by atoms with Crippen LogP contribution in [0.25, 0.3) is 0 Å². The highest BCUT2D eigenvalue weighted by molar-refractivity contribution is 6.30. The van der Waals surface area contributed by atoms with Crippen LogP contribution in [0, 0.1) is 17.8 Å². The van der Waals surface area contributed by atoms with Crippen LogP contribution in [-0.2, 0) is 4.79 Å². The number of hydrogen-bond acceptors (Lipinski definition) is 3. The van der Waals surface area contributed by atoms with Crippen molar-refractivity contribution in [1.29, 1.82) is 0 Å². The molecule has 2 saturated carbocycles. The highest BCUT2D eigenvalue weighted by Crippen LogP contribution is 2.48. The molecule has 2 amide bonds. The second-order valence-corrected chi connectivity index (χ2v) is 6.06. The van der Waals surface area contributed by atoms with Crippen LogP contribution in [0.1, 0.15) is 29.8 Å². The number of rotatable bonds is 3. The third-order valence-corrected chi connectivity index (χ3v) is 4.73. The second kappa shape index (κ2) is 5.05. The molecule has 6 heteroatoms. The Morgan fingerprint density at radius 1 is 1.30 bits per heavy atom. The first-order chi connectivity index (χ1) is 9.56. The smallest absolute Gasteiger partial charge is 0.270 e. The van der Waals surface area contributed by atoms with Gasteiger partial charge in [-0.1, -0.05) is 11.6 Å². The molecule has 3 N–H and O–H groups in total. The topological polar surface area (TPSA) is 85.1 Å². The van der Waals surface area contributed by atoms with E-state index >= 15 is 0 Å². The standard InChI is InChI=1S/C14H16ClN3O2/c15-9-3-4-10(17-6-9)14(20)18-12-8-2-1-7(5-8)11(12)13(16)19/h3-4,6-8,11-12H,1-2,5H2,(H2,16,19)(H,18,20)/t7-,8-,11+,12+/m0/s1. The van der Waals surface area contributed by atoms with E-state index in [1.165, 1.54) is 6.20 Å². The summed E-state index contributed by atoms with van der Waals surface area (Å²) in [4.78, 5) is 27.8. The van der Waals surface area contributed by atoms with Crippen molar-refractivity contribution in [1.82, 2.24) is 10.3 Å². The third-order valence-electron chi connectivity index (χ3n) is 4.50. The zero-order valence-electron chi connectivity index (χ0n) is 10.9. The number of primary amides is 1. The van der Waals surface area contributed by atoms with Crippen LogP contribution in [0.3, 0.4) is 0 Å². The first-order valence-electron chi connectivity index (χ1n) is 6.78. The van der Waals surface area contributed by atoms with Crippen LogP contribution in [0.4, 0.5) is 0 Å². The first-order valence-corrected chi connectivity index (χ1v) is 7.16. The molecule has 2 aliphatic carbocycles. The number of hydrogen-bond donors (Lipinski definition) is 2. The van der Waals surface area contributed by atoms with Crippen molar-refractivity contribution in [2.24, 2.45) is 23.5 Å². The van der Waals surface area contributed by atoms with Crippen molar-refractivity contribution >= 4 is 23.4 Å². The Balaban J connectivity index is 1.75. The van der Waals surface area contributed by atoms with Crippen LogP contribution < -0.4 is 11.1 Å². The molecule has 20 heavy (non-hydrogen) atoms. The summed E-state index contributed by atoms with van der Waals surface area (Å²) < 4.78 is 0. The van der Waals surface area contributed by atoms with Gasteiger partial charge in [0, 0.05) is 12.2 Å². The number of carbonyl (C=O) groups is 2. The molecule has 0 radical (unpaired) electrons. The van der Waals surface area contributed by atoms with E-state index in [0.29, 0.717) is 22.6 Å². The van der Waals surface area contributed by atoms with Crippen LogP contribution >= 0.6 is 11.6 Å². The number of halogens is 1. The molecule has 2 fully saturated rings. The van der Waals surface area contributed by atoms with E-state index in [4.69, 9.17) is 17.3 Å². The number of amides is 2. The van der Waals surface area contributed by atoms with E-state index in [2.05, 4.69) is 10.3 Å². The predicted octanol–water partition coefficient (Wildman–Crippen LogP) is 1.36. The van der Waals surface area contributed by atoms with Crippen molar-refractivity contribution in [3.05, 3.63) is 29.0 Å². The predicted molar refractivity (Wildman–Crippen MR) is 74.0 cm³/mol. The average Bonchev–Trinajstić information content (AvgIpc) is 3.00. The van der Waals surface area contributed by atoms with Crippen molar-refractivity contribution < 1.29 is 9.59 Å². The Kier molecular flexibility index (Phi) is 3.38. The SMILES string of the molecule is NC(=O)[C@@H]1[C@H]2CC[C@@H](C2)[C@H]1NC(=O)c1ccc(Cl)cn1. The van der Waals surface area contributed by atoms with Gasteiger partial charge in [-0.05, 0) is 43.2 Å². The third kappa shape index (κ3) is 2.26. The number of pyridine rings is 1. The molecule has 3 rings (SSSR count). The lowest BCUT2D eigenvalue weighted by molar-refractivity contribution is -0.124. The summed E-state index contributed by atoms with van der Waals surface area (Å²) in [5.74, 6) is -0.156. The van der Waals surface area contributed by atoms with Gasteiger partial charge in [-0.3, -0.25) is 9.59 Å². The van der Waals surface area contributed by atoms with Gasteiger partial charge >= 0.3 is 0 Å². The molecule has 0 aromatic carbocycles. The van der Waals surface area contributed by atoms with Crippen molar-refractivity contribution in [3.63, 3.8) is 0 Å². The Bertz CT molecular complexity index is 546. The number of fused-ring (bicyclic) bond motifs is 2. The molecule has 1 aromatic heterocycles. The Morgan fingerprint density at radius 3 is 2.70 bits per heavy atom. The minimum atomic E-state index is -0.313. The Labute approximate surface area is 121 Å². The lowest BCUT2D eigenvalue weighted by atomic mass is 9.84. The molecule has 2 aliphatic rings. The van der Waals surface area contributed by atoms with Gasteiger partial charge in [0.25, 0.3) is 5.91 Å². The molecule has 0 unspecified atom stereocenters. The summed E-state index contributed by atoms with van der Waals surface area (Å²) in [6.07, 6.45) is 4.49. The summed E-state index contributed by atoms with van der Waals surface area (Å²) in [6, 6.07) is 3.04. The largest absolute Gasteiger partial charge is 0.369 e. The van der Waals surface area contributed by atoms with Gasteiger partial charge in [-0.25, -0.2) is 4.98 Å². The lowest BCUT2D eigenvalue weighted by Crippen LogP contribution is -2.48. The molecule has 5 nitrogen and oxygen atoms in total. The van der Waals surface area contributed by atoms with E-state index in [0.717, 1.165) is 19.3 Å². The first kappa shape index (κ1) is 13.4. The number of nitrogens with one attached hydrogen (secondary N) is 1. The van der Waals surface area contributed by atoms with E-state index in [1.807, 2.05) is 0 Å². The zero-order valence-corrected chi connectivity index (χ0v) is 11.6. The fourth-order valence-electron chi connectivity index (χ4n) is 3.64. The summed E-state index contributed by atoms with van der Waals surface area (Å²) >= 11 is 5.75. The molecule has 106 valence electrons. The maximum absolute atomic E-state index is 12.2. The van der Waals surface area contributed by atoms with E-state index < -0.39 is 0 Å². The van der Waals surface area contributed by atoms with Crippen LogP contribution in [0.2, 0.25) is 5.02 Å². The minimum absolute atomic E-state index is 0.156. The van der Waals surface area contributed by atoms with Crippen molar-refractivity contribution in [3.8, 4) is 0 Å². The van der Waals surface area contributed by atoms with Crippen LogP contribution in [0.15, 0.2) is 18.3 Å². The molecule has 1 heterocycles. The molecule has 0 spiro atoms. The monoisotopic (exact) mass is 293 g/mol. The normalized spacial score (nSPS) is 31.2. The molecular formula is C14H16ClN3O2. The highest BCUT2D eigenvalue weighted by atomic mass is 35.5.